The summed E-state index contributed by atoms with van der Waals surface area (Å²) in [6.07, 6.45) is 6.67. The molecule has 2 aromatic heterocycles. The van der Waals surface area contributed by atoms with Gasteiger partial charge >= 0.3 is 0 Å². The SMILES string of the molecule is COc1ccc(C=Cc2nc(C(Cl)(Cl)Cl)nc(C(Cl)(Cl)Cl)n2)cc1.COc1ccc(C=Cc2nc(C(Cl)(Cl)Cl)nc(C(Cl)(Cl)Cl)n2)cc1. The van der Waals surface area contributed by atoms with Crippen molar-refractivity contribution in [3.63, 3.8) is 0 Å². The molecule has 8 nitrogen and oxygen atoms in total. The van der Waals surface area contributed by atoms with Crippen molar-refractivity contribution in [2.24, 2.45) is 0 Å². The number of ether oxygens (including phenoxy) is 2. The van der Waals surface area contributed by atoms with Gasteiger partial charge in [-0.3, -0.25) is 0 Å². The van der Waals surface area contributed by atoms with E-state index in [1.807, 2.05) is 48.5 Å². The van der Waals surface area contributed by atoms with E-state index < -0.39 is 15.2 Å². The number of benzene rings is 2. The second kappa shape index (κ2) is 17.5. The number of nitrogens with zero attached hydrogens (tertiary/aromatic N) is 6. The first-order chi connectivity index (χ1) is 22.2. The van der Waals surface area contributed by atoms with E-state index in [9.17, 15) is 0 Å². The fourth-order valence-corrected chi connectivity index (χ4v) is 4.23. The van der Waals surface area contributed by atoms with Gasteiger partial charge in [-0.15, -0.1) is 0 Å². The molecule has 0 N–H and O–H groups in total. The van der Waals surface area contributed by atoms with Gasteiger partial charge in [0.2, 0.25) is 15.2 Å². The van der Waals surface area contributed by atoms with E-state index in [-0.39, 0.29) is 34.9 Å². The van der Waals surface area contributed by atoms with Gasteiger partial charge in [-0.25, -0.2) is 29.9 Å². The molecule has 0 aliphatic heterocycles. The lowest BCUT2D eigenvalue weighted by Crippen LogP contribution is -2.16. The fraction of sp³-hybridized carbons (Fsp3) is 0.214. The van der Waals surface area contributed by atoms with Gasteiger partial charge in [0.1, 0.15) is 11.5 Å². The molecule has 2 aromatic carbocycles. The molecule has 2 heterocycles. The zero-order valence-electron chi connectivity index (χ0n) is 24.0. The summed E-state index contributed by atoms with van der Waals surface area (Å²) in [7, 11) is 3.18. The molecule has 0 saturated carbocycles. The van der Waals surface area contributed by atoms with Crippen molar-refractivity contribution >= 4 is 164 Å². The average Bonchev–Trinajstić information content (AvgIpc) is 3.01. The number of alkyl halides is 12. The van der Waals surface area contributed by atoms with Gasteiger partial charge in [0.15, 0.2) is 34.9 Å². The topological polar surface area (TPSA) is 95.8 Å². The van der Waals surface area contributed by atoms with Crippen LogP contribution in [0.25, 0.3) is 24.3 Å². The number of halogens is 12. The zero-order valence-corrected chi connectivity index (χ0v) is 33.0. The Bertz CT molecular complexity index is 1540. The number of rotatable bonds is 6. The smallest absolute Gasteiger partial charge is 0.250 e. The average molecular weight is 896 g/mol. The van der Waals surface area contributed by atoms with Crippen molar-refractivity contribution in [3.05, 3.63) is 94.6 Å². The summed E-state index contributed by atoms with van der Waals surface area (Å²) >= 11 is 69.8. The van der Waals surface area contributed by atoms with Crippen molar-refractivity contribution in [2.45, 2.75) is 15.2 Å². The zero-order chi connectivity index (χ0) is 35.9. The van der Waals surface area contributed by atoms with Crippen LogP contribution in [0, 0.1) is 0 Å². The Balaban J connectivity index is 0.000000260. The molecule has 0 spiro atoms. The van der Waals surface area contributed by atoms with Crippen LogP contribution >= 0.6 is 139 Å². The van der Waals surface area contributed by atoms with Gasteiger partial charge in [0, 0.05) is 0 Å². The Morgan fingerprint density at radius 2 is 0.646 bits per heavy atom. The van der Waals surface area contributed by atoms with Crippen LogP contribution in [0.4, 0.5) is 0 Å². The molecule has 0 amide bonds. The standard InChI is InChI=1S/2C14H9Cl6N3O/c2*1-24-9-5-2-8(3-6-9)4-7-10-21-11(13(15,16)17)23-12(22-10)14(18,19)20/h2*2-7H,1H3. The summed E-state index contributed by atoms with van der Waals surface area (Å²) in [5, 5.41) is 0. The Morgan fingerprint density at radius 3 is 0.854 bits per heavy atom. The van der Waals surface area contributed by atoms with Crippen LogP contribution in [0.5, 0.6) is 11.5 Å². The molecule has 0 fully saturated rings. The Kier molecular flexibility index (Phi) is 15.1. The minimum absolute atomic E-state index is 0.141. The molecule has 4 rings (SSSR count). The molecule has 0 aliphatic rings. The van der Waals surface area contributed by atoms with E-state index >= 15 is 0 Å². The van der Waals surface area contributed by atoms with Gasteiger partial charge in [-0.2, -0.15) is 0 Å². The summed E-state index contributed by atoms with van der Waals surface area (Å²) < 4.78 is 2.67. The predicted octanol–water partition coefficient (Wildman–Crippen LogP) is 11.4. The lowest BCUT2D eigenvalue weighted by Gasteiger charge is -2.14. The maximum atomic E-state index is 5.81. The molecule has 0 radical (unpaired) electrons. The highest BCUT2D eigenvalue weighted by Gasteiger charge is 2.34. The molecule has 0 unspecified atom stereocenters. The molecule has 0 atom stereocenters. The third-order valence-electron chi connectivity index (χ3n) is 5.40. The van der Waals surface area contributed by atoms with Gasteiger partial charge in [-0.05, 0) is 47.5 Å². The van der Waals surface area contributed by atoms with E-state index in [1.165, 1.54) is 0 Å². The maximum absolute atomic E-state index is 5.81. The molecular weight excluding hydrogens is 878 g/mol. The van der Waals surface area contributed by atoms with Gasteiger partial charge in [0.05, 0.1) is 14.2 Å². The highest BCUT2D eigenvalue weighted by Crippen LogP contribution is 2.41. The highest BCUT2D eigenvalue weighted by atomic mass is 35.6. The van der Waals surface area contributed by atoms with E-state index in [4.69, 9.17) is 149 Å². The molecule has 0 bridgehead atoms. The van der Waals surface area contributed by atoms with Crippen molar-refractivity contribution in [3.8, 4) is 11.5 Å². The lowest BCUT2D eigenvalue weighted by molar-refractivity contribution is 0.414. The van der Waals surface area contributed by atoms with Crippen LogP contribution in [0.3, 0.4) is 0 Å². The van der Waals surface area contributed by atoms with E-state index in [1.54, 1.807) is 38.5 Å². The lowest BCUT2D eigenvalue weighted by atomic mass is 10.2. The minimum atomic E-state index is -1.88. The molecule has 4 aromatic rings. The van der Waals surface area contributed by atoms with Gasteiger partial charge in [-0.1, -0.05) is 176 Å². The van der Waals surface area contributed by atoms with E-state index in [2.05, 4.69) is 29.9 Å². The van der Waals surface area contributed by atoms with E-state index in [0.717, 1.165) is 22.6 Å². The Hall–Kier alpha value is -0.980. The van der Waals surface area contributed by atoms with Crippen LogP contribution in [0.15, 0.2) is 48.5 Å². The third-order valence-corrected chi connectivity index (χ3v) is 7.43. The monoisotopic (exact) mass is 890 g/mol. The van der Waals surface area contributed by atoms with Crippen LogP contribution < -0.4 is 9.47 Å². The first kappa shape index (κ1) is 41.4. The van der Waals surface area contributed by atoms with Gasteiger partial charge in [0.25, 0.3) is 0 Å². The largest absolute Gasteiger partial charge is 0.497 e. The second-order valence-corrected chi connectivity index (χ2v) is 18.0. The van der Waals surface area contributed by atoms with Crippen molar-refractivity contribution in [1.82, 2.24) is 29.9 Å². The summed E-state index contributed by atoms with van der Waals surface area (Å²) in [6.45, 7) is 0. The summed E-state index contributed by atoms with van der Waals surface area (Å²) in [5.41, 5.74) is 1.75. The normalized spacial score (nSPS) is 12.6. The van der Waals surface area contributed by atoms with Gasteiger partial charge < -0.3 is 9.47 Å². The first-order valence-corrected chi connectivity index (χ1v) is 17.2. The Morgan fingerprint density at radius 1 is 0.396 bits per heavy atom. The van der Waals surface area contributed by atoms with Crippen molar-refractivity contribution in [2.75, 3.05) is 14.2 Å². The molecule has 256 valence electrons. The molecule has 0 aliphatic carbocycles. The number of aromatic nitrogens is 6. The van der Waals surface area contributed by atoms with Crippen LogP contribution in [0.1, 0.15) is 46.1 Å². The molecule has 20 heteroatoms. The van der Waals surface area contributed by atoms with Crippen LogP contribution in [-0.4, -0.2) is 44.1 Å². The fourth-order valence-electron chi connectivity index (χ4n) is 3.21. The number of methoxy groups -OCH3 is 2. The van der Waals surface area contributed by atoms with Crippen molar-refractivity contribution < 1.29 is 9.47 Å². The summed E-state index contributed by atoms with van der Waals surface area (Å²) in [4.78, 5) is 24.0. The molecule has 0 saturated heterocycles. The minimum Gasteiger partial charge on any atom is -0.497 e. The summed E-state index contributed by atoms with van der Waals surface area (Å²) in [5.74, 6) is 1.29. The Labute approximate surface area is 335 Å². The first-order valence-electron chi connectivity index (χ1n) is 12.6. The highest BCUT2D eigenvalue weighted by molar-refractivity contribution is 6.68. The van der Waals surface area contributed by atoms with Crippen LogP contribution in [-0.2, 0) is 15.2 Å². The van der Waals surface area contributed by atoms with E-state index in [0.29, 0.717) is 0 Å². The molecular formula is C28H18Cl12N6O2. The molecule has 48 heavy (non-hydrogen) atoms. The number of hydrogen-bond acceptors (Lipinski definition) is 8. The summed E-state index contributed by atoms with van der Waals surface area (Å²) in [6, 6.07) is 14.6. The quantitative estimate of drug-likeness (QED) is 0.177. The van der Waals surface area contributed by atoms with Crippen molar-refractivity contribution in [1.29, 1.82) is 0 Å². The number of hydrogen-bond donors (Lipinski definition) is 0. The second-order valence-electron chi connectivity index (χ2n) is 8.89. The van der Waals surface area contributed by atoms with Crippen LogP contribution in [0.2, 0.25) is 0 Å². The predicted molar refractivity (Wildman–Crippen MR) is 200 cm³/mol. The maximum Gasteiger partial charge on any atom is 0.250 e. The third kappa shape index (κ3) is 13.3.